The molecule has 0 heterocycles. The number of nitrogens with zero attached hydrogens (tertiary/aromatic N) is 1. The van der Waals surface area contributed by atoms with E-state index in [9.17, 15) is 4.79 Å². The van der Waals surface area contributed by atoms with Gasteiger partial charge in [0.1, 0.15) is 0 Å². The third-order valence-corrected chi connectivity index (χ3v) is 3.08. The zero-order chi connectivity index (χ0) is 13.4. The van der Waals surface area contributed by atoms with Gasteiger partial charge >= 0.3 is 5.97 Å². The van der Waals surface area contributed by atoms with Gasteiger partial charge in [-0.25, -0.2) is 0 Å². The number of aryl methyl sites for hydroxylation is 1. The second kappa shape index (κ2) is 7.88. The molecule has 1 N–H and O–H groups in total. The number of rotatable bonds is 8. The van der Waals surface area contributed by atoms with Crippen LogP contribution in [0, 0.1) is 6.92 Å². The Morgan fingerprint density at radius 3 is 2.44 bits per heavy atom. The van der Waals surface area contributed by atoms with E-state index in [4.69, 9.17) is 5.11 Å². The lowest BCUT2D eigenvalue weighted by molar-refractivity contribution is -0.137. The standard InChI is InChI=1S/C15H23NO2/c1-13-6-8-14(9-7-13)10-12-16(2)11-4-3-5-15(17)18/h6-9H,3-5,10-12H2,1-2H3,(H,17,18). The van der Waals surface area contributed by atoms with Gasteiger partial charge in [0.05, 0.1) is 0 Å². The Labute approximate surface area is 109 Å². The van der Waals surface area contributed by atoms with Gasteiger partial charge in [0.15, 0.2) is 0 Å². The van der Waals surface area contributed by atoms with Crippen LogP contribution in [0.3, 0.4) is 0 Å². The monoisotopic (exact) mass is 249 g/mol. The lowest BCUT2D eigenvalue weighted by atomic mass is 10.1. The highest BCUT2D eigenvalue weighted by atomic mass is 16.4. The number of aliphatic carboxylic acids is 1. The molecular weight excluding hydrogens is 226 g/mol. The van der Waals surface area contributed by atoms with Crippen LogP contribution >= 0.6 is 0 Å². The summed E-state index contributed by atoms with van der Waals surface area (Å²) in [6, 6.07) is 8.63. The van der Waals surface area contributed by atoms with E-state index in [-0.39, 0.29) is 6.42 Å². The molecule has 0 saturated heterocycles. The van der Waals surface area contributed by atoms with Crippen molar-refractivity contribution in [2.75, 3.05) is 20.1 Å². The third kappa shape index (κ3) is 6.40. The van der Waals surface area contributed by atoms with Gasteiger partial charge in [-0.3, -0.25) is 4.79 Å². The van der Waals surface area contributed by atoms with Crippen molar-refractivity contribution in [3.05, 3.63) is 35.4 Å². The molecular formula is C15H23NO2. The number of unbranched alkanes of at least 4 members (excludes halogenated alkanes) is 1. The molecule has 0 aliphatic heterocycles. The summed E-state index contributed by atoms with van der Waals surface area (Å²) in [5.41, 5.74) is 2.65. The van der Waals surface area contributed by atoms with Crippen molar-refractivity contribution in [1.29, 1.82) is 0 Å². The fourth-order valence-corrected chi connectivity index (χ4v) is 1.84. The van der Waals surface area contributed by atoms with Gasteiger partial charge in [-0.2, -0.15) is 0 Å². The van der Waals surface area contributed by atoms with Gasteiger partial charge in [0.2, 0.25) is 0 Å². The SMILES string of the molecule is Cc1ccc(CCN(C)CCCCC(=O)O)cc1. The van der Waals surface area contributed by atoms with Crippen molar-refractivity contribution < 1.29 is 9.90 Å². The number of likely N-dealkylation sites (N-methyl/N-ethyl adjacent to an activating group) is 1. The molecule has 0 aliphatic rings. The molecule has 0 atom stereocenters. The predicted octanol–water partition coefficient (Wildman–Crippen LogP) is 2.72. The quantitative estimate of drug-likeness (QED) is 0.720. The first-order chi connectivity index (χ1) is 8.58. The van der Waals surface area contributed by atoms with Crippen molar-refractivity contribution in [3.63, 3.8) is 0 Å². The number of hydrogen-bond acceptors (Lipinski definition) is 2. The molecule has 0 aromatic heterocycles. The third-order valence-electron chi connectivity index (χ3n) is 3.08. The first kappa shape index (κ1) is 14.7. The number of hydrogen-bond donors (Lipinski definition) is 1. The van der Waals surface area contributed by atoms with E-state index in [0.29, 0.717) is 0 Å². The fourth-order valence-electron chi connectivity index (χ4n) is 1.84. The van der Waals surface area contributed by atoms with Crippen LogP contribution in [0.5, 0.6) is 0 Å². The van der Waals surface area contributed by atoms with E-state index in [1.807, 2.05) is 0 Å². The van der Waals surface area contributed by atoms with Crippen molar-refractivity contribution in [1.82, 2.24) is 4.90 Å². The first-order valence-electron chi connectivity index (χ1n) is 6.54. The Morgan fingerprint density at radius 1 is 1.17 bits per heavy atom. The summed E-state index contributed by atoms with van der Waals surface area (Å²) in [5.74, 6) is -0.697. The van der Waals surface area contributed by atoms with Crippen LogP contribution in [0.2, 0.25) is 0 Å². The first-order valence-corrected chi connectivity index (χ1v) is 6.54. The Balaban J connectivity index is 2.14. The summed E-state index contributed by atoms with van der Waals surface area (Å²) >= 11 is 0. The molecule has 1 rings (SSSR count). The Morgan fingerprint density at radius 2 is 1.83 bits per heavy atom. The van der Waals surface area contributed by atoms with Crippen molar-refractivity contribution in [2.45, 2.75) is 32.6 Å². The van der Waals surface area contributed by atoms with E-state index in [1.165, 1.54) is 11.1 Å². The van der Waals surface area contributed by atoms with Crippen LogP contribution in [0.1, 0.15) is 30.4 Å². The maximum absolute atomic E-state index is 10.4. The Kier molecular flexibility index (Phi) is 6.44. The number of benzene rings is 1. The molecule has 0 amide bonds. The lowest BCUT2D eigenvalue weighted by Crippen LogP contribution is -2.22. The van der Waals surface area contributed by atoms with Crippen molar-refractivity contribution >= 4 is 5.97 Å². The van der Waals surface area contributed by atoms with Gasteiger partial charge in [-0.1, -0.05) is 29.8 Å². The van der Waals surface area contributed by atoms with Gasteiger partial charge in [0.25, 0.3) is 0 Å². The van der Waals surface area contributed by atoms with Gasteiger partial charge in [0, 0.05) is 13.0 Å². The van der Waals surface area contributed by atoms with Crippen LogP contribution in [-0.4, -0.2) is 36.1 Å². The van der Waals surface area contributed by atoms with E-state index in [2.05, 4.69) is 43.1 Å². The van der Waals surface area contributed by atoms with Gasteiger partial charge < -0.3 is 10.0 Å². The minimum atomic E-state index is -0.697. The average molecular weight is 249 g/mol. The van der Waals surface area contributed by atoms with E-state index < -0.39 is 5.97 Å². The molecule has 3 nitrogen and oxygen atoms in total. The second-order valence-electron chi connectivity index (χ2n) is 4.89. The second-order valence-corrected chi connectivity index (χ2v) is 4.89. The van der Waals surface area contributed by atoms with E-state index in [1.54, 1.807) is 0 Å². The van der Waals surface area contributed by atoms with Gasteiger partial charge in [-0.05, 0) is 45.3 Å². The zero-order valence-corrected chi connectivity index (χ0v) is 11.4. The summed E-state index contributed by atoms with van der Waals surface area (Å²) in [6.07, 6.45) is 3.06. The molecule has 3 heteroatoms. The Hall–Kier alpha value is -1.35. The molecule has 0 spiro atoms. The minimum absolute atomic E-state index is 0.284. The van der Waals surface area contributed by atoms with Crippen LogP contribution < -0.4 is 0 Å². The van der Waals surface area contributed by atoms with Crippen LogP contribution in [-0.2, 0) is 11.2 Å². The highest BCUT2D eigenvalue weighted by Gasteiger charge is 2.01. The molecule has 0 bridgehead atoms. The molecule has 0 fully saturated rings. The van der Waals surface area contributed by atoms with Crippen molar-refractivity contribution in [2.24, 2.45) is 0 Å². The van der Waals surface area contributed by atoms with Crippen LogP contribution in [0.4, 0.5) is 0 Å². The molecule has 1 aromatic carbocycles. The zero-order valence-electron chi connectivity index (χ0n) is 11.4. The summed E-state index contributed by atoms with van der Waals surface area (Å²) in [5, 5.41) is 8.54. The molecule has 18 heavy (non-hydrogen) atoms. The molecule has 0 saturated carbocycles. The highest BCUT2D eigenvalue weighted by Crippen LogP contribution is 2.05. The number of carbonyl (C=O) groups is 1. The largest absolute Gasteiger partial charge is 0.481 e. The average Bonchev–Trinajstić information content (AvgIpc) is 2.34. The summed E-state index contributed by atoms with van der Waals surface area (Å²) in [6.45, 7) is 4.09. The van der Waals surface area contributed by atoms with Crippen molar-refractivity contribution in [3.8, 4) is 0 Å². The normalized spacial score (nSPS) is 10.8. The Bertz CT molecular complexity index is 359. The molecule has 0 radical (unpaired) electrons. The predicted molar refractivity (Wildman–Crippen MR) is 73.9 cm³/mol. The number of carboxylic acid groups (broad SMARTS) is 1. The molecule has 100 valence electrons. The maximum atomic E-state index is 10.4. The molecule has 1 aromatic rings. The number of carboxylic acids is 1. The van der Waals surface area contributed by atoms with Crippen LogP contribution in [0.25, 0.3) is 0 Å². The lowest BCUT2D eigenvalue weighted by Gasteiger charge is -2.16. The van der Waals surface area contributed by atoms with E-state index in [0.717, 1.165) is 32.4 Å². The summed E-state index contributed by atoms with van der Waals surface area (Å²) in [7, 11) is 2.09. The van der Waals surface area contributed by atoms with E-state index >= 15 is 0 Å². The summed E-state index contributed by atoms with van der Waals surface area (Å²) in [4.78, 5) is 12.6. The van der Waals surface area contributed by atoms with Gasteiger partial charge in [-0.15, -0.1) is 0 Å². The molecule has 0 aliphatic carbocycles. The fraction of sp³-hybridized carbons (Fsp3) is 0.533. The highest BCUT2D eigenvalue weighted by molar-refractivity contribution is 5.66. The smallest absolute Gasteiger partial charge is 0.303 e. The summed E-state index contributed by atoms with van der Waals surface area (Å²) < 4.78 is 0. The maximum Gasteiger partial charge on any atom is 0.303 e. The van der Waals surface area contributed by atoms with Crippen LogP contribution in [0.15, 0.2) is 24.3 Å². The topological polar surface area (TPSA) is 40.5 Å². The minimum Gasteiger partial charge on any atom is -0.481 e. The molecule has 0 unspecified atom stereocenters.